The Hall–Kier alpha value is -0.803. The van der Waals surface area contributed by atoms with E-state index in [1.807, 2.05) is 6.07 Å². The van der Waals surface area contributed by atoms with Crippen molar-refractivity contribution < 1.29 is 9.16 Å². The standard InChI is InChI=1S/C18H32O2Si/c1-14(2)11-16-12-17(19-6)10-9-15(16)13-20-21(7,8)18(3,4)5/h9-10,12,14H,11,13H2,1-8H3. The number of benzene rings is 1. The highest BCUT2D eigenvalue weighted by molar-refractivity contribution is 6.74. The minimum atomic E-state index is -1.70. The van der Waals surface area contributed by atoms with Crippen molar-refractivity contribution in [1.29, 1.82) is 0 Å². The Bertz CT molecular complexity index is 459. The Labute approximate surface area is 132 Å². The predicted molar refractivity (Wildman–Crippen MR) is 93.5 cm³/mol. The molecule has 0 heterocycles. The Morgan fingerprint density at radius 1 is 1.10 bits per heavy atom. The van der Waals surface area contributed by atoms with Gasteiger partial charge in [0, 0.05) is 0 Å². The van der Waals surface area contributed by atoms with Crippen molar-refractivity contribution in [2.45, 2.75) is 65.8 Å². The van der Waals surface area contributed by atoms with Crippen molar-refractivity contribution in [3.8, 4) is 5.75 Å². The zero-order chi connectivity index (χ0) is 16.3. The van der Waals surface area contributed by atoms with Gasteiger partial charge in [0.05, 0.1) is 13.7 Å². The molecule has 120 valence electrons. The van der Waals surface area contributed by atoms with Crippen molar-refractivity contribution in [2.24, 2.45) is 5.92 Å². The molecule has 0 aliphatic carbocycles. The van der Waals surface area contributed by atoms with Crippen molar-refractivity contribution in [3.05, 3.63) is 29.3 Å². The quantitative estimate of drug-likeness (QED) is 0.654. The van der Waals surface area contributed by atoms with Crippen molar-refractivity contribution in [3.63, 3.8) is 0 Å². The number of methoxy groups -OCH3 is 1. The van der Waals surface area contributed by atoms with Crippen LogP contribution in [0.2, 0.25) is 18.1 Å². The maximum Gasteiger partial charge on any atom is 0.192 e. The Morgan fingerprint density at radius 2 is 1.71 bits per heavy atom. The zero-order valence-corrected chi connectivity index (χ0v) is 16.0. The Morgan fingerprint density at radius 3 is 2.19 bits per heavy atom. The number of hydrogen-bond acceptors (Lipinski definition) is 2. The lowest BCUT2D eigenvalue weighted by atomic mass is 9.98. The molecule has 0 unspecified atom stereocenters. The minimum Gasteiger partial charge on any atom is -0.497 e. The fraction of sp³-hybridized carbons (Fsp3) is 0.667. The lowest BCUT2D eigenvalue weighted by Gasteiger charge is -2.36. The minimum absolute atomic E-state index is 0.248. The van der Waals surface area contributed by atoms with E-state index in [1.165, 1.54) is 11.1 Å². The maximum absolute atomic E-state index is 6.37. The second kappa shape index (κ2) is 6.97. The largest absolute Gasteiger partial charge is 0.497 e. The molecule has 0 bridgehead atoms. The van der Waals surface area contributed by atoms with Crippen molar-refractivity contribution in [2.75, 3.05) is 7.11 Å². The summed E-state index contributed by atoms with van der Waals surface area (Å²) < 4.78 is 11.7. The fourth-order valence-electron chi connectivity index (χ4n) is 1.97. The van der Waals surface area contributed by atoms with Crippen LogP contribution in [0.3, 0.4) is 0 Å². The van der Waals surface area contributed by atoms with E-state index in [0.29, 0.717) is 12.5 Å². The molecule has 0 aliphatic heterocycles. The van der Waals surface area contributed by atoms with Crippen LogP contribution in [-0.2, 0) is 17.5 Å². The molecule has 0 saturated heterocycles. The van der Waals surface area contributed by atoms with Crippen LogP contribution in [0.25, 0.3) is 0 Å². The van der Waals surface area contributed by atoms with Gasteiger partial charge in [-0.1, -0.05) is 40.7 Å². The van der Waals surface area contributed by atoms with Gasteiger partial charge >= 0.3 is 0 Å². The third kappa shape index (κ3) is 5.15. The molecule has 0 radical (unpaired) electrons. The van der Waals surface area contributed by atoms with Crippen molar-refractivity contribution in [1.82, 2.24) is 0 Å². The molecule has 0 N–H and O–H groups in total. The van der Waals surface area contributed by atoms with Crippen LogP contribution in [0.1, 0.15) is 45.7 Å². The second-order valence-corrected chi connectivity index (χ2v) is 12.6. The highest BCUT2D eigenvalue weighted by Gasteiger charge is 2.37. The summed E-state index contributed by atoms with van der Waals surface area (Å²) in [6.45, 7) is 16.7. The molecule has 0 aromatic heterocycles. The van der Waals surface area contributed by atoms with Crippen LogP contribution in [0.5, 0.6) is 5.75 Å². The van der Waals surface area contributed by atoms with E-state index in [9.17, 15) is 0 Å². The highest BCUT2D eigenvalue weighted by Crippen LogP contribution is 2.37. The van der Waals surface area contributed by atoms with E-state index in [2.05, 4.69) is 59.8 Å². The van der Waals surface area contributed by atoms with Crippen LogP contribution in [0.15, 0.2) is 18.2 Å². The van der Waals surface area contributed by atoms with E-state index < -0.39 is 8.32 Å². The fourth-order valence-corrected chi connectivity index (χ4v) is 2.92. The summed E-state index contributed by atoms with van der Waals surface area (Å²) in [6.07, 6.45) is 1.06. The summed E-state index contributed by atoms with van der Waals surface area (Å²) in [7, 11) is 0.0188. The first-order valence-corrected chi connectivity index (χ1v) is 10.8. The molecule has 0 saturated carbocycles. The van der Waals surface area contributed by atoms with Gasteiger partial charge in [0.1, 0.15) is 5.75 Å². The molecule has 2 nitrogen and oxygen atoms in total. The molecular formula is C18H32O2Si. The summed E-state index contributed by atoms with van der Waals surface area (Å²) in [4.78, 5) is 0. The molecule has 0 aliphatic rings. The molecule has 0 amide bonds. The van der Waals surface area contributed by atoms with E-state index in [4.69, 9.17) is 9.16 Å². The van der Waals surface area contributed by atoms with Gasteiger partial charge in [-0.3, -0.25) is 0 Å². The SMILES string of the molecule is COc1ccc(CO[Si](C)(C)C(C)(C)C)c(CC(C)C)c1. The highest BCUT2D eigenvalue weighted by atomic mass is 28.4. The molecular weight excluding hydrogens is 276 g/mol. The van der Waals surface area contributed by atoms with Crippen molar-refractivity contribution >= 4 is 8.32 Å². The van der Waals surface area contributed by atoms with Gasteiger partial charge < -0.3 is 9.16 Å². The first kappa shape index (κ1) is 18.2. The number of hydrogen-bond donors (Lipinski definition) is 0. The van der Waals surface area contributed by atoms with Gasteiger partial charge in [-0.15, -0.1) is 0 Å². The molecule has 1 aromatic carbocycles. The molecule has 1 rings (SSSR count). The average Bonchev–Trinajstić information content (AvgIpc) is 2.35. The monoisotopic (exact) mass is 308 g/mol. The van der Waals surface area contributed by atoms with E-state index in [-0.39, 0.29) is 5.04 Å². The normalized spacial score (nSPS) is 12.8. The van der Waals surface area contributed by atoms with Gasteiger partial charge in [-0.25, -0.2) is 0 Å². The number of ether oxygens (including phenoxy) is 1. The zero-order valence-electron chi connectivity index (χ0n) is 15.0. The van der Waals surface area contributed by atoms with E-state index in [1.54, 1.807) is 7.11 Å². The molecule has 0 atom stereocenters. The smallest absolute Gasteiger partial charge is 0.192 e. The van der Waals surface area contributed by atoms with Gasteiger partial charge in [0.15, 0.2) is 8.32 Å². The van der Waals surface area contributed by atoms with Gasteiger partial charge in [0.25, 0.3) is 0 Å². The molecule has 1 aromatic rings. The maximum atomic E-state index is 6.37. The van der Waals surface area contributed by atoms with Crippen LogP contribution in [-0.4, -0.2) is 15.4 Å². The summed E-state index contributed by atoms with van der Waals surface area (Å²) >= 11 is 0. The van der Waals surface area contributed by atoms with Crippen LogP contribution < -0.4 is 4.74 Å². The summed E-state index contributed by atoms with van der Waals surface area (Å²) in [5.74, 6) is 1.56. The lowest BCUT2D eigenvalue weighted by molar-refractivity contribution is 0.275. The van der Waals surface area contributed by atoms with E-state index >= 15 is 0 Å². The third-order valence-corrected chi connectivity index (χ3v) is 8.91. The summed E-state index contributed by atoms with van der Waals surface area (Å²) in [5, 5.41) is 0.248. The summed E-state index contributed by atoms with van der Waals surface area (Å²) in [5.41, 5.74) is 2.65. The van der Waals surface area contributed by atoms with Gasteiger partial charge in [-0.05, 0) is 53.7 Å². The molecule has 3 heteroatoms. The third-order valence-electron chi connectivity index (χ3n) is 4.44. The van der Waals surface area contributed by atoms with E-state index in [0.717, 1.165) is 12.2 Å². The first-order chi connectivity index (χ1) is 9.56. The summed E-state index contributed by atoms with van der Waals surface area (Å²) in [6, 6.07) is 6.35. The Balaban J connectivity index is 2.92. The topological polar surface area (TPSA) is 18.5 Å². The molecule has 21 heavy (non-hydrogen) atoms. The van der Waals surface area contributed by atoms with Crippen LogP contribution in [0.4, 0.5) is 0 Å². The van der Waals surface area contributed by atoms with Crippen LogP contribution in [0, 0.1) is 5.92 Å². The van der Waals surface area contributed by atoms with Crippen LogP contribution >= 0.6 is 0 Å². The average molecular weight is 309 g/mol. The van der Waals surface area contributed by atoms with Gasteiger partial charge in [0.2, 0.25) is 0 Å². The molecule has 0 spiro atoms. The predicted octanol–water partition coefficient (Wildman–Crippen LogP) is 5.42. The molecule has 0 fully saturated rings. The Kier molecular flexibility index (Phi) is 6.06. The lowest BCUT2D eigenvalue weighted by Crippen LogP contribution is -2.40. The second-order valence-electron chi connectivity index (χ2n) is 7.78. The number of rotatable bonds is 6. The first-order valence-electron chi connectivity index (χ1n) is 7.86. The van der Waals surface area contributed by atoms with Gasteiger partial charge in [-0.2, -0.15) is 0 Å².